The fraction of sp³-hybridized carbons (Fsp3) is 0.579. The molecule has 0 spiro atoms. The number of nitroso groups, excluding NO2 is 1. The summed E-state index contributed by atoms with van der Waals surface area (Å²) in [7, 11) is -1.86. The zero-order chi connectivity index (χ0) is 20.1. The summed E-state index contributed by atoms with van der Waals surface area (Å²) in [5.74, 6) is 3.13. The van der Waals surface area contributed by atoms with Crippen molar-refractivity contribution in [3.63, 3.8) is 0 Å². The smallest absolute Gasteiger partial charge is 0.253 e. The molecule has 0 aliphatic carbocycles. The van der Waals surface area contributed by atoms with Crippen molar-refractivity contribution in [2.24, 2.45) is 5.18 Å². The van der Waals surface area contributed by atoms with Gasteiger partial charge in [-0.2, -0.15) is 0 Å². The van der Waals surface area contributed by atoms with Crippen molar-refractivity contribution in [1.82, 2.24) is 4.98 Å². The molecule has 0 fully saturated rings. The molecule has 1 heterocycles. The molecule has 0 aromatic carbocycles. The molecule has 1 unspecified atom stereocenters. The van der Waals surface area contributed by atoms with Crippen LogP contribution >= 0.6 is 15.9 Å². The minimum atomic E-state index is -1.86. The second-order valence-electron chi connectivity index (χ2n) is 7.47. The summed E-state index contributed by atoms with van der Waals surface area (Å²) in [6, 6.07) is 2.55. The summed E-state index contributed by atoms with van der Waals surface area (Å²) >= 11 is 3.43. The van der Waals surface area contributed by atoms with Crippen LogP contribution in [0, 0.1) is 16.4 Å². The van der Waals surface area contributed by atoms with E-state index in [2.05, 4.69) is 84.4 Å². The zero-order valence-electron chi connectivity index (χ0n) is 16.6. The highest BCUT2D eigenvalue weighted by molar-refractivity contribution is 9.10. The van der Waals surface area contributed by atoms with Crippen molar-refractivity contribution in [2.75, 3.05) is 5.32 Å². The Balaban J connectivity index is 3.28. The number of nitrogens with one attached hydrogen (secondary N) is 1. The SMILES string of the molecule is CC(N=O)C(=O)Nc1cc(Br)cc(C#C[Si](C(C)C)(C(C)C)C(C)C)n1. The quantitative estimate of drug-likeness (QED) is 0.362. The van der Waals surface area contributed by atoms with Gasteiger partial charge in [0.05, 0.1) is 0 Å². The molecular formula is C19H28BrN3O2Si. The maximum Gasteiger partial charge on any atom is 0.253 e. The van der Waals surface area contributed by atoms with Gasteiger partial charge in [-0.15, -0.1) is 10.5 Å². The zero-order valence-corrected chi connectivity index (χ0v) is 19.1. The van der Waals surface area contributed by atoms with Crippen molar-refractivity contribution in [2.45, 2.75) is 71.1 Å². The highest BCUT2D eigenvalue weighted by Crippen LogP contribution is 2.40. The molecule has 0 aliphatic heterocycles. The monoisotopic (exact) mass is 437 g/mol. The number of pyridine rings is 1. The van der Waals surface area contributed by atoms with Crippen LogP contribution in [-0.4, -0.2) is 25.0 Å². The molecule has 7 heteroatoms. The molecule has 1 aromatic heterocycles. The van der Waals surface area contributed by atoms with Crippen LogP contribution in [-0.2, 0) is 4.79 Å². The largest absolute Gasteiger partial charge is 0.309 e. The van der Waals surface area contributed by atoms with Crippen molar-refractivity contribution >= 4 is 35.7 Å². The number of carbonyl (C=O) groups excluding carboxylic acids is 1. The summed E-state index contributed by atoms with van der Waals surface area (Å²) in [5.41, 5.74) is 5.80. The molecule has 0 bridgehead atoms. The van der Waals surface area contributed by atoms with Crippen LogP contribution in [0.1, 0.15) is 54.2 Å². The first kappa shape index (κ1) is 22.5. The average molecular weight is 438 g/mol. The van der Waals surface area contributed by atoms with Crippen molar-refractivity contribution in [3.05, 3.63) is 27.2 Å². The van der Waals surface area contributed by atoms with E-state index in [0.717, 1.165) is 4.47 Å². The Kier molecular flexibility index (Phi) is 8.16. The topological polar surface area (TPSA) is 71.4 Å². The summed E-state index contributed by atoms with van der Waals surface area (Å²) in [5, 5.41) is 5.34. The summed E-state index contributed by atoms with van der Waals surface area (Å²) in [6.45, 7) is 15.0. The first-order valence-corrected chi connectivity index (χ1v) is 11.9. The third-order valence-corrected chi connectivity index (χ3v) is 11.6. The van der Waals surface area contributed by atoms with E-state index in [1.165, 1.54) is 6.92 Å². The fourth-order valence-electron chi connectivity index (χ4n) is 3.51. The number of rotatable bonds is 6. The van der Waals surface area contributed by atoms with Gasteiger partial charge in [0.25, 0.3) is 5.91 Å². The first-order valence-electron chi connectivity index (χ1n) is 8.88. The molecular weight excluding hydrogens is 410 g/mol. The molecule has 0 aliphatic rings. The van der Waals surface area contributed by atoms with Crippen LogP contribution in [0.4, 0.5) is 5.82 Å². The molecule has 5 nitrogen and oxygen atoms in total. The molecule has 0 radical (unpaired) electrons. The second kappa shape index (κ2) is 9.42. The Bertz CT molecular complexity index is 701. The standard InChI is InChI=1S/C19H28BrN3O2Si/c1-12(2)26(13(3)4,14(5)6)9-8-17-10-16(20)11-18(21-17)22-19(24)15(7)23-25/h10-15H,1-7H3,(H,21,22,24). The number of nitrogens with zero attached hydrogens (tertiary/aromatic N) is 2. The lowest BCUT2D eigenvalue weighted by Gasteiger charge is -2.38. The Morgan fingerprint density at radius 3 is 2.12 bits per heavy atom. The molecule has 1 aromatic rings. The Morgan fingerprint density at radius 1 is 1.12 bits per heavy atom. The summed E-state index contributed by atoms with van der Waals surface area (Å²) < 4.78 is 0.768. The highest BCUT2D eigenvalue weighted by Gasteiger charge is 2.41. The maximum absolute atomic E-state index is 11.9. The third-order valence-electron chi connectivity index (χ3n) is 4.85. The van der Waals surface area contributed by atoms with Gasteiger partial charge in [0.1, 0.15) is 19.6 Å². The van der Waals surface area contributed by atoms with Gasteiger partial charge in [0, 0.05) is 4.47 Å². The van der Waals surface area contributed by atoms with E-state index in [-0.39, 0.29) is 0 Å². The minimum Gasteiger partial charge on any atom is -0.309 e. The van der Waals surface area contributed by atoms with Crippen LogP contribution in [0.25, 0.3) is 0 Å². The van der Waals surface area contributed by atoms with Crippen LogP contribution in [0.3, 0.4) is 0 Å². The Hall–Kier alpha value is -1.52. The normalized spacial score (nSPS) is 12.7. The van der Waals surface area contributed by atoms with E-state index < -0.39 is 20.0 Å². The predicted octanol–water partition coefficient (Wildman–Crippen LogP) is 5.51. The maximum atomic E-state index is 11.9. The van der Waals surface area contributed by atoms with Gasteiger partial charge in [-0.3, -0.25) is 4.79 Å². The van der Waals surface area contributed by atoms with Crippen LogP contribution in [0.2, 0.25) is 16.6 Å². The number of hydrogen-bond donors (Lipinski definition) is 1. The van der Waals surface area contributed by atoms with Crippen molar-refractivity contribution < 1.29 is 4.79 Å². The number of amides is 1. The summed E-state index contributed by atoms with van der Waals surface area (Å²) in [6.07, 6.45) is 0. The summed E-state index contributed by atoms with van der Waals surface area (Å²) in [4.78, 5) is 26.8. The lowest BCUT2D eigenvalue weighted by atomic mass is 10.3. The molecule has 1 amide bonds. The number of anilines is 1. The Labute approximate surface area is 165 Å². The lowest BCUT2D eigenvalue weighted by Crippen LogP contribution is -2.43. The number of carbonyl (C=O) groups is 1. The van der Waals surface area contributed by atoms with E-state index in [1.807, 2.05) is 6.07 Å². The lowest BCUT2D eigenvalue weighted by molar-refractivity contribution is -0.117. The van der Waals surface area contributed by atoms with E-state index in [9.17, 15) is 9.70 Å². The van der Waals surface area contributed by atoms with Gasteiger partial charge in [-0.1, -0.05) is 68.6 Å². The van der Waals surface area contributed by atoms with Crippen molar-refractivity contribution in [1.29, 1.82) is 0 Å². The number of halogens is 1. The van der Waals surface area contributed by atoms with E-state index in [4.69, 9.17) is 0 Å². The Morgan fingerprint density at radius 2 is 1.65 bits per heavy atom. The predicted molar refractivity (Wildman–Crippen MR) is 114 cm³/mol. The van der Waals surface area contributed by atoms with Gasteiger partial charge in [-0.05, 0) is 35.7 Å². The number of aromatic nitrogens is 1. The van der Waals surface area contributed by atoms with Crippen LogP contribution in [0.15, 0.2) is 21.8 Å². The van der Waals surface area contributed by atoms with Gasteiger partial charge < -0.3 is 5.32 Å². The van der Waals surface area contributed by atoms with E-state index >= 15 is 0 Å². The van der Waals surface area contributed by atoms with Gasteiger partial charge >= 0.3 is 0 Å². The molecule has 0 saturated heterocycles. The third kappa shape index (κ3) is 5.24. The molecule has 26 heavy (non-hydrogen) atoms. The fourth-order valence-corrected chi connectivity index (χ4v) is 9.15. The van der Waals surface area contributed by atoms with Gasteiger partial charge in [-0.25, -0.2) is 4.98 Å². The van der Waals surface area contributed by atoms with Gasteiger partial charge in [0.15, 0.2) is 6.04 Å². The average Bonchev–Trinajstić information content (AvgIpc) is 2.52. The first-order chi connectivity index (χ1) is 12.0. The molecule has 1 atom stereocenters. The van der Waals surface area contributed by atoms with E-state index in [0.29, 0.717) is 28.1 Å². The molecule has 0 saturated carbocycles. The molecule has 1 rings (SSSR count). The van der Waals surface area contributed by atoms with Crippen LogP contribution in [0.5, 0.6) is 0 Å². The second-order valence-corrected chi connectivity index (χ2v) is 14.0. The van der Waals surface area contributed by atoms with Gasteiger partial charge in [0.2, 0.25) is 0 Å². The highest BCUT2D eigenvalue weighted by atomic mass is 79.9. The molecule has 142 valence electrons. The molecule has 1 N–H and O–H groups in total. The van der Waals surface area contributed by atoms with Crippen LogP contribution < -0.4 is 5.32 Å². The minimum absolute atomic E-state index is 0.357. The number of hydrogen-bond acceptors (Lipinski definition) is 4. The van der Waals surface area contributed by atoms with Crippen molar-refractivity contribution in [3.8, 4) is 11.5 Å². The van der Waals surface area contributed by atoms with E-state index in [1.54, 1.807) is 6.07 Å².